The second kappa shape index (κ2) is 9.59. The van der Waals surface area contributed by atoms with E-state index in [0.717, 1.165) is 23.1 Å². The van der Waals surface area contributed by atoms with Crippen molar-refractivity contribution >= 4 is 21.6 Å². The molecule has 0 radical (unpaired) electrons. The number of nitrogens with one attached hydrogen (secondary N) is 1. The molecule has 0 spiro atoms. The van der Waals surface area contributed by atoms with Crippen LogP contribution in [0.5, 0.6) is 5.75 Å². The van der Waals surface area contributed by atoms with Gasteiger partial charge in [-0.25, -0.2) is 8.42 Å². The fraction of sp³-hybridized carbons (Fsp3) is 0.381. The van der Waals surface area contributed by atoms with E-state index < -0.39 is 16.1 Å². The van der Waals surface area contributed by atoms with Crippen LogP contribution in [0.1, 0.15) is 24.5 Å². The van der Waals surface area contributed by atoms with Crippen LogP contribution >= 0.6 is 0 Å². The summed E-state index contributed by atoms with van der Waals surface area (Å²) >= 11 is 0. The normalized spacial score (nSPS) is 12.3. The summed E-state index contributed by atoms with van der Waals surface area (Å²) in [6, 6.07) is 13.8. The summed E-state index contributed by atoms with van der Waals surface area (Å²) in [6.07, 6.45) is 1.46. The van der Waals surface area contributed by atoms with Gasteiger partial charge in [0.15, 0.2) is 0 Å². The highest BCUT2D eigenvalue weighted by molar-refractivity contribution is 7.92. The van der Waals surface area contributed by atoms with Gasteiger partial charge in [0.05, 0.1) is 18.5 Å². The van der Waals surface area contributed by atoms with Crippen LogP contribution in [-0.2, 0) is 14.8 Å². The molecule has 152 valence electrons. The molecule has 0 heterocycles. The van der Waals surface area contributed by atoms with Crippen molar-refractivity contribution in [3.63, 3.8) is 0 Å². The molecule has 1 atom stereocenters. The zero-order chi connectivity index (χ0) is 20.7. The molecule has 7 heteroatoms. The Kier molecular flexibility index (Phi) is 7.45. The van der Waals surface area contributed by atoms with Gasteiger partial charge in [-0.15, -0.1) is 0 Å². The van der Waals surface area contributed by atoms with E-state index in [4.69, 9.17) is 4.74 Å². The van der Waals surface area contributed by atoms with Crippen LogP contribution in [0.2, 0.25) is 0 Å². The van der Waals surface area contributed by atoms with Gasteiger partial charge >= 0.3 is 0 Å². The van der Waals surface area contributed by atoms with Crippen LogP contribution in [0, 0.1) is 13.8 Å². The maximum absolute atomic E-state index is 12.7. The van der Waals surface area contributed by atoms with Crippen molar-refractivity contribution in [1.82, 2.24) is 5.32 Å². The Balaban J connectivity index is 2.01. The monoisotopic (exact) mass is 404 g/mol. The third-order valence-corrected chi connectivity index (χ3v) is 5.39. The lowest BCUT2D eigenvalue weighted by Crippen LogP contribution is -2.49. The predicted molar refractivity (Wildman–Crippen MR) is 112 cm³/mol. The molecule has 1 amide bonds. The third kappa shape index (κ3) is 5.99. The summed E-state index contributed by atoms with van der Waals surface area (Å²) in [4.78, 5) is 12.7. The number of amides is 1. The Morgan fingerprint density at radius 3 is 2.25 bits per heavy atom. The molecule has 1 N–H and O–H groups in total. The summed E-state index contributed by atoms with van der Waals surface area (Å²) in [5.41, 5.74) is 2.69. The highest BCUT2D eigenvalue weighted by Crippen LogP contribution is 2.22. The number of para-hydroxylation sites is 1. The average Bonchev–Trinajstić information content (AvgIpc) is 2.62. The lowest BCUT2D eigenvalue weighted by Gasteiger charge is -2.30. The van der Waals surface area contributed by atoms with Crippen LogP contribution < -0.4 is 14.4 Å². The van der Waals surface area contributed by atoms with Crippen molar-refractivity contribution in [2.24, 2.45) is 0 Å². The van der Waals surface area contributed by atoms with Gasteiger partial charge in [-0.05, 0) is 55.7 Å². The summed E-state index contributed by atoms with van der Waals surface area (Å²) in [7, 11) is -3.62. The Morgan fingerprint density at radius 1 is 1.11 bits per heavy atom. The number of sulfonamides is 1. The first-order valence-electron chi connectivity index (χ1n) is 9.25. The van der Waals surface area contributed by atoms with Crippen molar-refractivity contribution in [2.75, 3.05) is 23.7 Å². The number of hydrogen-bond acceptors (Lipinski definition) is 4. The molecular formula is C21H28N2O4S. The van der Waals surface area contributed by atoms with E-state index in [2.05, 4.69) is 11.4 Å². The molecule has 0 saturated heterocycles. The molecule has 0 bridgehead atoms. The van der Waals surface area contributed by atoms with Gasteiger partial charge in [0.25, 0.3) is 0 Å². The van der Waals surface area contributed by atoms with Gasteiger partial charge in [0, 0.05) is 0 Å². The first kappa shape index (κ1) is 21.8. The number of carbonyl (C=O) groups is 1. The summed E-state index contributed by atoms with van der Waals surface area (Å²) < 4.78 is 31.5. The molecule has 0 fully saturated rings. The molecule has 0 aliphatic rings. The molecule has 0 unspecified atom stereocenters. The quantitative estimate of drug-likeness (QED) is 0.652. The molecule has 2 rings (SSSR count). The van der Waals surface area contributed by atoms with Crippen molar-refractivity contribution in [2.45, 2.75) is 33.2 Å². The van der Waals surface area contributed by atoms with E-state index in [0.29, 0.717) is 18.7 Å². The number of ether oxygens (including phenoxy) is 1. The Hall–Kier alpha value is -2.54. The maximum Gasteiger partial charge on any atom is 0.244 e. The first-order valence-corrected chi connectivity index (χ1v) is 11.1. The minimum atomic E-state index is -3.62. The Labute approximate surface area is 167 Å². The highest BCUT2D eigenvalue weighted by atomic mass is 32.2. The molecule has 0 aliphatic carbocycles. The molecule has 2 aromatic rings. The van der Waals surface area contributed by atoms with Crippen LogP contribution in [0.4, 0.5) is 5.69 Å². The van der Waals surface area contributed by atoms with Gasteiger partial charge in [0.2, 0.25) is 15.9 Å². The summed E-state index contributed by atoms with van der Waals surface area (Å²) in [5.74, 6) is 0.404. The molecule has 2 aromatic carbocycles. The molecule has 28 heavy (non-hydrogen) atoms. The van der Waals surface area contributed by atoms with E-state index in [1.807, 2.05) is 26.0 Å². The molecule has 6 nitrogen and oxygen atoms in total. The predicted octanol–water partition coefficient (Wildman–Crippen LogP) is 3.04. The number of benzene rings is 2. The number of hydrogen-bond donors (Lipinski definition) is 1. The van der Waals surface area contributed by atoms with Crippen molar-refractivity contribution < 1.29 is 17.9 Å². The highest BCUT2D eigenvalue weighted by Gasteiger charge is 2.31. The third-order valence-electron chi connectivity index (χ3n) is 4.21. The van der Waals surface area contributed by atoms with Crippen LogP contribution in [0.25, 0.3) is 0 Å². The van der Waals surface area contributed by atoms with Crippen LogP contribution in [0.15, 0.2) is 48.5 Å². The van der Waals surface area contributed by atoms with Crippen molar-refractivity contribution in [3.05, 3.63) is 59.7 Å². The van der Waals surface area contributed by atoms with Gasteiger partial charge in [-0.2, -0.15) is 0 Å². The second-order valence-electron chi connectivity index (χ2n) is 6.78. The van der Waals surface area contributed by atoms with E-state index in [1.165, 1.54) is 4.31 Å². The number of anilines is 1. The van der Waals surface area contributed by atoms with Crippen molar-refractivity contribution in [3.8, 4) is 5.75 Å². The topological polar surface area (TPSA) is 75.7 Å². The van der Waals surface area contributed by atoms with Gasteiger partial charge < -0.3 is 10.1 Å². The minimum Gasteiger partial charge on any atom is -0.492 e. The summed E-state index contributed by atoms with van der Waals surface area (Å²) in [5, 5.41) is 2.79. The Bertz CT molecular complexity index is 878. The van der Waals surface area contributed by atoms with Gasteiger partial charge in [-0.3, -0.25) is 9.10 Å². The number of carbonyl (C=O) groups excluding carboxylic acids is 1. The lowest BCUT2D eigenvalue weighted by molar-refractivity contribution is -0.122. The lowest BCUT2D eigenvalue weighted by atomic mass is 10.1. The van der Waals surface area contributed by atoms with E-state index >= 15 is 0 Å². The fourth-order valence-electron chi connectivity index (χ4n) is 3.11. The second-order valence-corrected chi connectivity index (χ2v) is 8.64. The van der Waals surface area contributed by atoms with Crippen LogP contribution in [0.3, 0.4) is 0 Å². The first-order chi connectivity index (χ1) is 13.2. The smallest absolute Gasteiger partial charge is 0.244 e. The van der Waals surface area contributed by atoms with Gasteiger partial charge in [-0.1, -0.05) is 31.2 Å². The number of aryl methyl sites for hydroxylation is 2. The number of rotatable bonds is 9. The molecule has 0 aromatic heterocycles. The zero-order valence-electron chi connectivity index (χ0n) is 16.8. The molecular weight excluding hydrogens is 376 g/mol. The summed E-state index contributed by atoms with van der Waals surface area (Å²) in [6.45, 7) is 6.37. The van der Waals surface area contributed by atoms with E-state index in [1.54, 1.807) is 37.3 Å². The zero-order valence-corrected chi connectivity index (χ0v) is 17.6. The van der Waals surface area contributed by atoms with Crippen molar-refractivity contribution in [1.29, 1.82) is 0 Å². The average molecular weight is 405 g/mol. The Morgan fingerprint density at radius 2 is 1.71 bits per heavy atom. The fourth-order valence-corrected chi connectivity index (χ4v) is 4.32. The standard InChI is InChI=1S/C21H28N2O4S/c1-5-20(23(28(4,25)26)18-9-7-6-8-10-18)21(24)22-11-12-27-19-14-16(2)13-17(3)15-19/h6-10,13-15,20H,5,11-12H2,1-4H3,(H,22,24)/t20-/m0/s1. The SMILES string of the molecule is CC[C@@H](C(=O)NCCOc1cc(C)cc(C)c1)N(c1ccccc1)S(C)(=O)=O. The van der Waals surface area contributed by atoms with Crippen LogP contribution in [-0.4, -0.2) is 39.8 Å². The molecule has 0 saturated carbocycles. The van der Waals surface area contributed by atoms with E-state index in [-0.39, 0.29) is 12.5 Å². The largest absolute Gasteiger partial charge is 0.492 e. The van der Waals surface area contributed by atoms with E-state index in [9.17, 15) is 13.2 Å². The van der Waals surface area contributed by atoms with Gasteiger partial charge in [0.1, 0.15) is 18.4 Å². The minimum absolute atomic E-state index is 0.286. The molecule has 0 aliphatic heterocycles. The maximum atomic E-state index is 12.7. The number of nitrogens with zero attached hydrogens (tertiary/aromatic N) is 1.